The van der Waals surface area contributed by atoms with Crippen LogP contribution in [0.2, 0.25) is 0 Å². The smallest absolute Gasteiger partial charge is 0.236 e. The second-order valence-electron chi connectivity index (χ2n) is 7.42. The first-order valence-electron chi connectivity index (χ1n) is 8.20. The first-order chi connectivity index (χ1) is 9.91. The second-order valence-corrected chi connectivity index (χ2v) is 7.42. The molecule has 1 amide bonds. The van der Waals surface area contributed by atoms with Crippen LogP contribution in [0.5, 0.6) is 0 Å². The molecular weight excluding hydrogens is 268 g/mol. The van der Waals surface area contributed by atoms with E-state index in [1.54, 1.807) is 0 Å². The fraction of sp³-hybridized carbons (Fsp3) is 0.938. The predicted molar refractivity (Wildman–Crippen MR) is 80.1 cm³/mol. The Balaban J connectivity index is 1.55. The lowest BCUT2D eigenvalue weighted by atomic mass is 9.66. The number of morpholine rings is 1. The van der Waals surface area contributed by atoms with Gasteiger partial charge in [0.05, 0.1) is 31.0 Å². The largest absolute Gasteiger partial charge is 0.378 e. The fourth-order valence-corrected chi connectivity index (χ4v) is 4.16. The molecule has 5 heteroatoms. The Morgan fingerprint density at radius 1 is 1.29 bits per heavy atom. The van der Waals surface area contributed by atoms with Crippen molar-refractivity contribution in [3.63, 3.8) is 0 Å². The van der Waals surface area contributed by atoms with E-state index in [-0.39, 0.29) is 23.2 Å². The van der Waals surface area contributed by atoms with E-state index < -0.39 is 0 Å². The van der Waals surface area contributed by atoms with Crippen LogP contribution in [0.4, 0.5) is 0 Å². The summed E-state index contributed by atoms with van der Waals surface area (Å²) in [6, 6.07) is 0.286. The molecule has 1 saturated carbocycles. The molecule has 3 atom stereocenters. The zero-order valence-electron chi connectivity index (χ0n) is 13.5. The normalized spacial score (nSPS) is 38.5. The highest BCUT2D eigenvalue weighted by molar-refractivity contribution is 5.78. The molecule has 4 aliphatic rings. The number of carbonyl (C=O) groups is 1. The van der Waals surface area contributed by atoms with Gasteiger partial charge in [0.2, 0.25) is 5.91 Å². The molecule has 5 nitrogen and oxygen atoms in total. The lowest BCUT2D eigenvalue weighted by molar-refractivity contribution is -0.243. The van der Waals surface area contributed by atoms with Gasteiger partial charge in [0.1, 0.15) is 0 Å². The van der Waals surface area contributed by atoms with Gasteiger partial charge in [-0.2, -0.15) is 0 Å². The SMILES string of the molecule is CC1(C)OC2(C)CCC1CC2NCC(=O)N1CCOCC1. The number of carbonyl (C=O) groups excluding carboxylic acids is 1. The van der Waals surface area contributed by atoms with Gasteiger partial charge in [-0.3, -0.25) is 4.79 Å². The van der Waals surface area contributed by atoms with E-state index in [0.29, 0.717) is 38.8 Å². The van der Waals surface area contributed by atoms with Gasteiger partial charge in [-0.1, -0.05) is 0 Å². The highest BCUT2D eigenvalue weighted by Crippen LogP contribution is 2.49. The molecule has 0 radical (unpaired) electrons. The molecule has 0 aromatic carbocycles. The summed E-state index contributed by atoms with van der Waals surface area (Å²) in [5.41, 5.74) is -0.164. The predicted octanol–water partition coefficient (Wildman–Crippen LogP) is 1.17. The maximum atomic E-state index is 12.2. The molecule has 1 N–H and O–H groups in total. The summed E-state index contributed by atoms with van der Waals surface area (Å²) in [5.74, 6) is 0.776. The number of ether oxygens (including phenoxy) is 2. The van der Waals surface area contributed by atoms with E-state index in [4.69, 9.17) is 9.47 Å². The Labute approximate surface area is 127 Å². The average Bonchev–Trinajstić information content (AvgIpc) is 2.45. The molecule has 4 rings (SSSR count). The first kappa shape index (κ1) is 15.3. The third-order valence-corrected chi connectivity index (χ3v) is 5.59. The molecule has 3 aliphatic heterocycles. The van der Waals surface area contributed by atoms with E-state index >= 15 is 0 Å². The standard InChI is InChI=1S/C16H28N2O3/c1-15(2)12-4-5-16(3,21-15)13(10-12)17-11-14(19)18-6-8-20-9-7-18/h12-13,17H,4-11H2,1-3H3. The maximum absolute atomic E-state index is 12.2. The van der Waals surface area contributed by atoms with Crippen molar-refractivity contribution in [2.75, 3.05) is 32.8 Å². The number of hydrogen-bond acceptors (Lipinski definition) is 4. The van der Waals surface area contributed by atoms with Gasteiger partial charge in [-0.05, 0) is 46.0 Å². The zero-order valence-corrected chi connectivity index (χ0v) is 13.5. The summed E-state index contributed by atoms with van der Waals surface area (Å²) in [7, 11) is 0. The lowest BCUT2D eigenvalue weighted by Gasteiger charge is -2.58. The number of rotatable bonds is 3. The van der Waals surface area contributed by atoms with Crippen molar-refractivity contribution in [1.82, 2.24) is 10.2 Å². The minimum Gasteiger partial charge on any atom is -0.378 e. The molecule has 21 heavy (non-hydrogen) atoms. The highest BCUT2D eigenvalue weighted by Gasteiger charge is 2.53. The molecule has 3 saturated heterocycles. The zero-order chi connectivity index (χ0) is 15.1. The number of amides is 1. The van der Waals surface area contributed by atoms with Gasteiger partial charge in [0.25, 0.3) is 0 Å². The molecule has 3 unspecified atom stereocenters. The third kappa shape index (κ3) is 2.96. The summed E-state index contributed by atoms with van der Waals surface area (Å²) in [6.45, 7) is 9.76. The molecule has 120 valence electrons. The summed E-state index contributed by atoms with van der Waals surface area (Å²) in [6.07, 6.45) is 3.43. The fourth-order valence-electron chi connectivity index (χ4n) is 4.16. The van der Waals surface area contributed by atoms with Crippen molar-refractivity contribution in [3.8, 4) is 0 Å². The second kappa shape index (κ2) is 5.52. The molecule has 0 aromatic rings. The van der Waals surface area contributed by atoms with Gasteiger partial charge in [-0.15, -0.1) is 0 Å². The lowest BCUT2D eigenvalue weighted by Crippen LogP contribution is -2.66. The van der Waals surface area contributed by atoms with Crippen LogP contribution in [-0.4, -0.2) is 60.9 Å². The molecule has 0 spiro atoms. The van der Waals surface area contributed by atoms with E-state index in [2.05, 4.69) is 26.1 Å². The molecule has 4 fully saturated rings. The summed E-state index contributed by atoms with van der Waals surface area (Å²) in [5, 5.41) is 3.47. The number of fused-ring (bicyclic) bond motifs is 3. The van der Waals surface area contributed by atoms with Crippen LogP contribution in [0.15, 0.2) is 0 Å². The van der Waals surface area contributed by atoms with E-state index in [9.17, 15) is 4.79 Å². The van der Waals surface area contributed by atoms with Crippen molar-refractivity contribution >= 4 is 5.91 Å². The Bertz CT molecular complexity index is 406. The van der Waals surface area contributed by atoms with Crippen LogP contribution >= 0.6 is 0 Å². The van der Waals surface area contributed by atoms with Gasteiger partial charge in [-0.25, -0.2) is 0 Å². The van der Waals surface area contributed by atoms with Crippen LogP contribution in [0.1, 0.15) is 40.0 Å². The summed E-state index contributed by atoms with van der Waals surface area (Å²) < 4.78 is 11.6. The van der Waals surface area contributed by atoms with E-state index in [1.807, 2.05) is 4.90 Å². The maximum Gasteiger partial charge on any atom is 0.236 e. The van der Waals surface area contributed by atoms with Crippen LogP contribution in [0, 0.1) is 5.92 Å². The van der Waals surface area contributed by atoms with Crippen molar-refractivity contribution in [2.24, 2.45) is 5.92 Å². The van der Waals surface area contributed by atoms with Crippen LogP contribution in [0.3, 0.4) is 0 Å². The van der Waals surface area contributed by atoms with E-state index in [0.717, 1.165) is 12.8 Å². The topological polar surface area (TPSA) is 50.8 Å². The van der Waals surface area contributed by atoms with Gasteiger partial charge < -0.3 is 19.7 Å². The molecular formula is C16H28N2O3. The van der Waals surface area contributed by atoms with Crippen molar-refractivity contribution < 1.29 is 14.3 Å². The Morgan fingerprint density at radius 2 is 2.00 bits per heavy atom. The van der Waals surface area contributed by atoms with Crippen LogP contribution in [-0.2, 0) is 14.3 Å². The highest BCUT2D eigenvalue weighted by atomic mass is 16.5. The summed E-state index contributed by atoms with van der Waals surface area (Å²) >= 11 is 0. The number of nitrogens with zero attached hydrogens (tertiary/aromatic N) is 1. The molecule has 0 aromatic heterocycles. The molecule has 3 heterocycles. The number of nitrogens with one attached hydrogen (secondary N) is 1. The van der Waals surface area contributed by atoms with Crippen molar-refractivity contribution in [1.29, 1.82) is 0 Å². The van der Waals surface area contributed by atoms with Gasteiger partial charge >= 0.3 is 0 Å². The summed E-state index contributed by atoms with van der Waals surface area (Å²) in [4.78, 5) is 14.1. The Kier molecular flexibility index (Phi) is 4.01. The quantitative estimate of drug-likeness (QED) is 0.849. The minimum atomic E-state index is -0.135. The monoisotopic (exact) mass is 296 g/mol. The first-order valence-corrected chi connectivity index (χ1v) is 8.20. The molecule has 1 aliphatic carbocycles. The Morgan fingerprint density at radius 3 is 2.62 bits per heavy atom. The van der Waals surface area contributed by atoms with Crippen LogP contribution < -0.4 is 5.32 Å². The van der Waals surface area contributed by atoms with Gasteiger partial charge in [0.15, 0.2) is 0 Å². The third-order valence-electron chi connectivity index (χ3n) is 5.59. The Hall–Kier alpha value is -0.650. The van der Waals surface area contributed by atoms with Gasteiger partial charge in [0, 0.05) is 19.1 Å². The van der Waals surface area contributed by atoms with E-state index in [1.165, 1.54) is 6.42 Å². The van der Waals surface area contributed by atoms with Crippen LogP contribution in [0.25, 0.3) is 0 Å². The van der Waals surface area contributed by atoms with Crippen molar-refractivity contribution in [2.45, 2.75) is 57.3 Å². The number of hydrogen-bond donors (Lipinski definition) is 1. The molecule has 2 bridgehead atoms. The minimum absolute atomic E-state index is 0.0284. The van der Waals surface area contributed by atoms with Crippen molar-refractivity contribution in [3.05, 3.63) is 0 Å². The average molecular weight is 296 g/mol.